The third-order valence-electron chi connectivity index (χ3n) is 4.64. The molecule has 2 aromatic carbocycles. The number of rotatable bonds is 4. The molecule has 1 heterocycles. The van der Waals surface area contributed by atoms with Crippen molar-refractivity contribution in [3.05, 3.63) is 76.9 Å². The third kappa shape index (κ3) is 4.65. The van der Waals surface area contributed by atoms with Gasteiger partial charge in [0.15, 0.2) is 0 Å². The number of nitrogens with zero attached hydrogens (tertiary/aromatic N) is 3. The zero-order valence-electron chi connectivity index (χ0n) is 17.4. The average Bonchev–Trinajstić information content (AvgIpc) is 2.67. The van der Waals surface area contributed by atoms with Crippen molar-refractivity contribution < 1.29 is 0 Å². The lowest BCUT2D eigenvalue weighted by molar-refractivity contribution is 1.00. The molecule has 146 valence electrons. The molecule has 1 aromatic heterocycles. The molecule has 0 spiro atoms. The molecule has 3 aromatic rings. The van der Waals surface area contributed by atoms with Crippen molar-refractivity contribution in [3.8, 4) is 0 Å². The van der Waals surface area contributed by atoms with Gasteiger partial charge in [-0.1, -0.05) is 42.5 Å². The molecule has 5 heteroatoms. The summed E-state index contributed by atoms with van der Waals surface area (Å²) in [5, 5.41) is 2.02. The molecule has 0 N–H and O–H groups in total. The van der Waals surface area contributed by atoms with E-state index in [1.54, 1.807) is 0 Å². The van der Waals surface area contributed by atoms with Gasteiger partial charge in [0.05, 0.1) is 11.4 Å². The second-order valence-electron chi connectivity index (χ2n) is 6.93. The van der Waals surface area contributed by atoms with Gasteiger partial charge in [-0.2, -0.15) is 0 Å². The van der Waals surface area contributed by atoms with Crippen molar-refractivity contribution in [1.29, 1.82) is 0 Å². The molecule has 28 heavy (non-hydrogen) atoms. The molecule has 0 amide bonds. The van der Waals surface area contributed by atoms with Crippen LogP contribution in [0.1, 0.15) is 22.3 Å². The molecule has 0 fully saturated rings. The van der Waals surface area contributed by atoms with Gasteiger partial charge in [0.25, 0.3) is 0 Å². The maximum Gasteiger partial charge on any atom is 0.108 e. The minimum atomic E-state index is -0.310. The number of benzene rings is 2. The Morgan fingerprint density at radius 3 is 1.25 bits per heavy atom. The fourth-order valence-electron chi connectivity index (χ4n) is 2.99. The average molecular weight is 410 g/mol. The van der Waals surface area contributed by atoms with Gasteiger partial charge in [-0.15, -0.1) is 0 Å². The van der Waals surface area contributed by atoms with E-state index in [9.17, 15) is 0 Å². The first-order chi connectivity index (χ1) is 13.4. The van der Waals surface area contributed by atoms with Crippen LogP contribution in [0.15, 0.2) is 73.4 Å². The third-order valence-corrected chi connectivity index (χ3v) is 7.22. The Labute approximate surface area is 173 Å². The van der Waals surface area contributed by atoms with Gasteiger partial charge in [0.2, 0.25) is 0 Å². The highest BCUT2D eigenvalue weighted by molar-refractivity contribution is 7.87. The number of hydrogen-bond donors (Lipinski definition) is 0. The number of aromatic nitrogens is 1. The monoisotopic (exact) mass is 409 g/mol. The van der Waals surface area contributed by atoms with Crippen LogP contribution < -0.4 is 0 Å². The Bertz CT molecular complexity index is 962. The lowest BCUT2D eigenvalue weighted by atomic mass is 10.1. The summed E-state index contributed by atoms with van der Waals surface area (Å²) in [6.45, 7) is 8.44. The van der Waals surface area contributed by atoms with E-state index in [1.165, 1.54) is 22.3 Å². The van der Waals surface area contributed by atoms with Crippen LogP contribution in [0.2, 0.25) is 0 Å². The highest BCUT2D eigenvalue weighted by Gasteiger charge is 2.07. The second-order valence-corrected chi connectivity index (χ2v) is 10.0. The minimum absolute atomic E-state index is 0.310. The highest BCUT2D eigenvalue weighted by Crippen LogP contribution is 2.27. The van der Waals surface area contributed by atoms with Gasteiger partial charge < -0.3 is 0 Å². The Morgan fingerprint density at radius 1 is 0.571 bits per heavy atom. The number of hydrogen-bond acceptors (Lipinski definition) is 3. The van der Waals surface area contributed by atoms with E-state index in [0.29, 0.717) is 0 Å². The minimum Gasteiger partial charge on any atom is -0.233 e. The van der Waals surface area contributed by atoms with E-state index in [2.05, 4.69) is 94.8 Å². The van der Waals surface area contributed by atoms with Crippen molar-refractivity contribution >= 4 is 32.8 Å². The summed E-state index contributed by atoms with van der Waals surface area (Å²) in [7, 11) is -0.621. The molecule has 0 aliphatic heterocycles. The second kappa shape index (κ2) is 8.93. The van der Waals surface area contributed by atoms with Crippen molar-refractivity contribution in [2.45, 2.75) is 37.7 Å². The lowest BCUT2D eigenvalue weighted by Crippen LogP contribution is -1.98. The SMILES string of the molecule is Cc1cccc(C)c1N=S(C)c1cccc(S(C)=Nc2c(C)cccc2C)n1. The summed E-state index contributed by atoms with van der Waals surface area (Å²) in [4.78, 5) is 4.92. The van der Waals surface area contributed by atoms with Crippen LogP contribution in [0.4, 0.5) is 11.4 Å². The Morgan fingerprint density at radius 2 is 0.893 bits per heavy atom. The normalized spacial score (nSPS) is 13.6. The predicted molar refractivity (Wildman–Crippen MR) is 123 cm³/mol. The molecule has 0 bridgehead atoms. The molecule has 0 saturated carbocycles. The zero-order chi connectivity index (χ0) is 20.3. The van der Waals surface area contributed by atoms with Crippen LogP contribution in [0.5, 0.6) is 0 Å². The Balaban J connectivity index is 1.98. The lowest BCUT2D eigenvalue weighted by Gasteiger charge is -2.10. The van der Waals surface area contributed by atoms with Crippen molar-refractivity contribution in [1.82, 2.24) is 4.98 Å². The molecule has 0 aliphatic carbocycles. The van der Waals surface area contributed by atoms with E-state index in [-0.39, 0.29) is 21.4 Å². The van der Waals surface area contributed by atoms with Gasteiger partial charge in [-0.05, 0) is 96.0 Å². The van der Waals surface area contributed by atoms with Crippen molar-refractivity contribution in [3.63, 3.8) is 0 Å². The molecule has 0 radical (unpaired) electrons. The summed E-state index contributed by atoms with van der Waals surface area (Å²) in [5.41, 5.74) is 6.98. The summed E-state index contributed by atoms with van der Waals surface area (Å²) < 4.78 is 9.96. The van der Waals surface area contributed by atoms with Crippen LogP contribution in [-0.4, -0.2) is 17.5 Å². The van der Waals surface area contributed by atoms with E-state index in [0.717, 1.165) is 21.4 Å². The maximum atomic E-state index is 4.98. The molecular weight excluding hydrogens is 382 g/mol. The zero-order valence-corrected chi connectivity index (χ0v) is 19.0. The maximum absolute atomic E-state index is 4.98. The topological polar surface area (TPSA) is 37.6 Å². The van der Waals surface area contributed by atoms with Crippen LogP contribution in [0, 0.1) is 27.7 Å². The largest absolute Gasteiger partial charge is 0.233 e. The van der Waals surface area contributed by atoms with Gasteiger partial charge in [-0.3, -0.25) is 0 Å². The van der Waals surface area contributed by atoms with Crippen molar-refractivity contribution in [2.24, 2.45) is 8.73 Å². The summed E-state index contributed by atoms with van der Waals surface area (Å²) >= 11 is 0. The molecule has 0 aliphatic rings. The molecule has 2 unspecified atom stereocenters. The van der Waals surface area contributed by atoms with E-state index in [1.807, 2.05) is 0 Å². The van der Waals surface area contributed by atoms with Crippen molar-refractivity contribution in [2.75, 3.05) is 12.5 Å². The number of pyridine rings is 1. The van der Waals surface area contributed by atoms with E-state index >= 15 is 0 Å². The van der Waals surface area contributed by atoms with Gasteiger partial charge in [0.1, 0.15) is 10.1 Å². The van der Waals surface area contributed by atoms with Crippen LogP contribution in [0.25, 0.3) is 0 Å². The van der Waals surface area contributed by atoms with E-state index in [4.69, 9.17) is 13.7 Å². The molecule has 2 atom stereocenters. The highest BCUT2D eigenvalue weighted by atomic mass is 32.2. The predicted octanol–water partition coefficient (Wildman–Crippen LogP) is 6.56. The van der Waals surface area contributed by atoms with Gasteiger partial charge in [0, 0.05) is 0 Å². The summed E-state index contributed by atoms with van der Waals surface area (Å²) in [6.07, 6.45) is 4.27. The quantitative estimate of drug-likeness (QED) is 0.481. The van der Waals surface area contributed by atoms with Crippen LogP contribution in [0.3, 0.4) is 0 Å². The van der Waals surface area contributed by atoms with E-state index < -0.39 is 0 Å². The van der Waals surface area contributed by atoms with Crippen LogP contribution in [-0.2, 0) is 21.4 Å². The first-order valence-corrected chi connectivity index (χ1v) is 12.4. The van der Waals surface area contributed by atoms with Gasteiger partial charge in [-0.25, -0.2) is 13.7 Å². The Kier molecular flexibility index (Phi) is 6.57. The first-order valence-electron chi connectivity index (χ1n) is 9.22. The summed E-state index contributed by atoms with van der Waals surface area (Å²) in [6, 6.07) is 18.8. The Hall–Kier alpha value is -2.11. The molecule has 3 rings (SSSR count). The standard InChI is InChI=1S/C23H27N3S2/c1-16-10-7-11-17(2)22(16)25-27(5)20-14-9-15-21(24-20)28(6)26-23-18(3)12-8-13-19(23)4/h7-15H,1-6H3. The fourth-order valence-corrected chi connectivity index (χ4v) is 5.37. The molecule has 3 nitrogen and oxygen atoms in total. The summed E-state index contributed by atoms with van der Waals surface area (Å²) in [5.74, 6) is 0. The van der Waals surface area contributed by atoms with Gasteiger partial charge >= 0.3 is 0 Å². The number of aryl methyl sites for hydroxylation is 4. The fraction of sp³-hybridized carbons (Fsp3) is 0.261. The smallest absolute Gasteiger partial charge is 0.108 e. The first kappa shape index (κ1) is 20.6. The molecular formula is C23H27N3S2. The molecule has 0 saturated heterocycles. The van der Waals surface area contributed by atoms with Crippen LogP contribution >= 0.6 is 0 Å².